The Hall–Kier alpha value is -0.550. The topological polar surface area (TPSA) is 51.0 Å². The van der Waals surface area contributed by atoms with Crippen LogP contribution in [0.5, 0.6) is 0 Å². The second-order valence-electron chi connectivity index (χ2n) is 4.61. The summed E-state index contributed by atoms with van der Waals surface area (Å²) in [5.74, 6) is 2.77. The van der Waals surface area contributed by atoms with E-state index in [9.17, 15) is 0 Å². The highest BCUT2D eigenvalue weighted by Crippen LogP contribution is 2.38. The molecule has 1 saturated heterocycles. The van der Waals surface area contributed by atoms with Gasteiger partial charge in [-0.25, -0.2) is 0 Å². The lowest BCUT2D eigenvalue weighted by atomic mass is 10.1. The predicted octanol–water partition coefficient (Wildman–Crippen LogP) is 2.48. The molecule has 5 heteroatoms. The minimum absolute atomic E-state index is 0.233. The SMILES string of the molecule is CCNC(C)(C)c1nc(C2CCCS2)no1. The molecule has 0 radical (unpaired) electrons. The lowest BCUT2D eigenvalue weighted by Crippen LogP contribution is -2.36. The summed E-state index contributed by atoms with van der Waals surface area (Å²) in [5, 5.41) is 7.88. The van der Waals surface area contributed by atoms with Crippen LogP contribution >= 0.6 is 11.8 Å². The highest BCUT2D eigenvalue weighted by molar-refractivity contribution is 7.99. The van der Waals surface area contributed by atoms with Crippen LogP contribution in [0.3, 0.4) is 0 Å². The number of nitrogens with zero attached hydrogens (tertiary/aromatic N) is 2. The third kappa shape index (κ3) is 2.40. The molecule has 16 heavy (non-hydrogen) atoms. The molecule has 0 spiro atoms. The van der Waals surface area contributed by atoms with E-state index >= 15 is 0 Å². The quantitative estimate of drug-likeness (QED) is 0.877. The molecule has 1 aromatic rings. The summed E-state index contributed by atoms with van der Waals surface area (Å²) in [6.07, 6.45) is 2.43. The maximum Gasteiger partial charge on any atom is 0.246 e. The fourth-order valence-electron chi connectivity index (χ4n) is 1.92. The standard InChI is InChI=1S/C11H19N3OS/c1-4-12-11(2,3)10-13-9(14-15-10)8-6-5-7-16-8/h8,12H,4-7H2,1-3H3. The van der Waals surface area contributed by atoms with Crippen molar-refractivity contribution < 1.29 is 4.52 Å². The Morgan fingerprint density at radius 3 is 3.00 bits per heavy atom. The normalized spacial score (nSPS) is 21.6. The van der Waals surface area contributed by atoms with Crippen molar-refractivity contribution in [2.24, 2.45) is 0 Å². The Labute approximate surface area is 101 Å². The van der Waals surface area contributed by atoms with Gasteiger partial charge in [-0.05, 0) is 39.0 Å². The molecule has 0 bridgehead atoms. The van der Waals surface area contributed by atoms with Gasteiger partial charge >= 0.3 is 0 Å². The molecule has 1 atom stereocenters. The summed E-state index contributed by atoms with van der Waals surface area (Å²) in [5.41, 5.74) is -0.233. The molecule has 0 saturated carbocycles. The van der Waals surface area contributed by atoms with E-state index in [-0.39, 0.29) is 5.54 Å². The number of hydrogen-bond donors (Lipinski definition) is 1. The fraction of sp³-hybridized carbons (Fsp3) is 0.818. The second-order valence-corrected chi connectivity index (χ2v) is 5.93. The zero-order valence-corrected chi connectivity index (χ0v) is 10.9. The molecule has 1 unspecified atom stereocenters. The van der Waals surface area contributed by atoms with Crippen molar-refractivity contribution in [3.63, 3.8) is 0 Å². The highest BCUT2D eigenvalue weighted by Gasteiger charge is 2.29. The van der Waals surface area contributed by atoms with Crippen LogP contribution in [0.25, 0.3) is 0 Å². The highest BCUT2D eigenvalue weighted by atomic mass is 32.2. The lowest BCUT2D eigenvalue weighted by Gasteiger charge is -2.20. The molecule has 90 valence electrons. The molecule has 2 heterocycles. The molecular weight excluding hydrogens is 222 g/mol. The van der Waals surface area contributed by atoms with E-state index in [0.717, 1.165) is 12.4 Å². The first kappa shape index (κ1) is 11.9. The number of rotatable bonds is 4. The van der Waals surface area contributed by atoms with Crippen LogP contribution in [-0.2, 0) is 5.54 Å². The Morgan fingerprint density at radius 2 is 2.38 bits per heavy atom. The molecular formula is C11H19N3OS. The maximum atomic E-state index is 5.36. The number of nitrogens with one attached hydrogen (secondary N) is 1. The summed E-state index contributed by atoms with van der Waals surface area (Å²) in [6, 6.07) is 0. The van der Waals surface area contributed by atoms with E-state index < -0.39 is 0 Å². The van der Waals surface area contributed by atoms with Crippen LogP contribution in [0.15, 0.2) is 4.52 Å². The monoisotopic (exact) mass is 241 g/mol. The minimum Gasteiger partial charge on any atom is -0.337 e. The molecule has 0 amide bonds. The third-order valence-corrected chi connectivity index (χ3v) is 4.19. The summed E-state index contributed by atoms with van der Waals surface area (Å²) >= 11 is 1.93. The Kier molecular flexibility index (Phi) is 3.54. The Balaban J connectivity index is 2.12. The fourth-order valence-corrected chi connectivity index (χ4v) is 3.11. The van der Waals surface area contributed by atoms with Crippen molar-refractivity contribution in [3.05, 3.63) is 11.7 Å². The first-order chi connectivity index (χ1) is 7.63. The Morgan fingerprint density at radius 1 is 1.56 bits per heavy atom. The first-order valence-electron chi connectivity index (χ1n) is 5.84. The number of aromatic nitrogens is 2. The van der Waals surface area contributed by atoms with E-state index in [1.165, 1.54) is 18.6 Å². The predicted molar refractivity (Wildman–Crippen MR) is 65.4 cm³/mol. The Bertz CT molecular complexity index is 345. The summed E-state index contributed by atoms with van der Waals surface area (Å²) < 4.78 is 5.36. The van der Waals surface area contributed by atoms with Crippen molar-refractivity contribution >= 4 is 11.8 Å². The van der Waals surface area contributed by atoms with Crippen molar-refractivity contribution in [1.82, 2.24) is 15.5 Å². The zero-order chi connectivity index (χ0) is 11.6. The van der Waals surface area contributed by atoms with Crippen molar-refractivity contribution in [2.45, 2.75) is 44.4 Å². The van der Waals surface area contributed by atoms with Gasteiger partial charge in [0.05, 0.1) is 10.8 Å². The third-order valence-electron chi connectivity index (χ3n) is 2.81. The summed E-state index contributed by atoms with van der Waals surface area (Å²) in [6.45, 7) is 7.10. The van der Waals surface area contributed by atoms with Crippen LogP contribution in [0.2, 0.25) is 0 Å². The molecule has 0 aromatic carbocycles. The van der Waals surface area contributed by atoms with Gasteiger partial charge in [-0.1, -0.05) is 12.1 Å². The molecule has 1 N–H and O–H groups in total. The van der Waals surface area contributed by atoms with Gasteiger partial charge in [-0.3, -0.25) is 0 Å². The van der Waals surface area contributed by atoms with Crippen molar-refractivity contribution in [3.8, 4) is 0 Å². The average molecular weight is 241 g/mol. The van der Waals surface area contributed by atoms with Gasteiger partial charge in [0.15, 0.2) is 5.82 Å². The molecule has 1 fully saturated rings. The average Bonchev–Trinajstić information content (AvgIpc) is 2.89. The van der Waals surface area contributed by atoms with Gasteiger partial charge in [-0.15, -0.1) is 0 Å². The maximum absolute atomic E-state index is 5.36. The number of hydrogen-bond acceptors (Lipinski definition) is 5. The van der Waals surface area contributed by atoms with Crippen LogP contribution in [0.1, 0.15) is 50.6 Å². The zero-order valence-electron chi connectivity index (χ0n) is 10.1. The van der Waals surface area contributed by atoms with E-state index in [4.69, 9.17) is 4.52 Å². The lowest BCUT2D eigenvalue weighted by molar-refractivity contribution is 0.270. The van der Waals surface area contributed by atoms with Crippen LogP contribution < -0.4 is 5.32 Å². The summed E-state index contributed by atoms with van der Waals surface area (Å²) in [7, 11) is 0. The van der Waals surface area contributed by atoms with E-state index in [2.05, 4.69) is 36.2 Å². The number of thioether (sulfide) groups is 1. The molecule has 2 rings (SSSR count). The molecule has 1 aliphatic heterocycles. The van der Waals surface area contributed by atoms with Gasteiger partial charge in [0.2, 0.25) is 5.89 Å². The van der Waals surface area contributed by atoms with Crippen LogP contribution in [0.4, 0.5) is 0 Å². The van der Waals surface area contributed by atoms with Gasteiger partial charge in [0.25, 0.3) is 0 Å². The first-order valence-corrected chi connectivity index (χ1v) is 6.89. The second kappa shape index (κ2) is 4.75. The largest absolute Gasteiger partial charge is 0.337 e. The molecule has 4 nitrogen and oxygen atoms in total. The van der Waals surface area contributed by atoms with E-state index in [0.29, 0.717) is 11.1 Å². The van der Waals surface area contributed by atoms with Crippen LogP contribution in [0, 0.1) is 0 Å². The van der Waals surface area contributed by atoms with Gasteiger partial charge < -0.3 is 9.84 Å². The van der Waals surface area contributed by atoms with E-state index in [1.54, 1.807) is 0 Å². The van der Waals surface area contributed by atoms with Gasteiger partial charge in [0, 0.05) is 0 Å². The van der Waals surface area contributed by atoms with E-state index in [1.807, 2.05) is 11.8 Å². The molecule has 1 aromatic heterocycles. The van der Waals surface area contributed by atoms with Gasteiger partial charge in [-0.2, -0.15) is 16.7 Å². The van der Waals surface area contributed by atoms with Crippen LogP contribution in [-0.4, -0.2) is 22.4 Å². The van der Waals surface area contributed by atoms with Crippen molar-refractivity contribution in [1.29, 1.82) is 0 Å². The molecule has 0 aliphatic carbocycles. The van der Waals surface area contributed by atoms with Crippen molar-refractivity contribution in [2.75, 3.05) is 12.3 Å². The molecule has 1 aliphatic rings. The minimum atomic E-state index is -0.233. The summed E-state index contributed by atoms with van der Waals surface area (Å²) in [4.78, 5) is 4.52. The smallest absolute Gasteiger partial charge is 0.246 e. The van der Waals surface area contributed by atoms with Gasteiger partial charge in [0.1, 0.15) is 0 Å².